The van der Waals surface area contributed by atoms with E-state index in [2.05, 4.69) is 34.1 Å². The lowest BCUT2D eigenvalue weighted by molar-refractivity contribution is 0.548. The van der Waals surface area contributed by atoms with Crippen molar-refractivity contribution in [3.05, 3.63) is 42.0 Å². The first-order chi connectivity index (χ1) is 9.16. The summed E-state index contributed by atoms with van der Waals surface area (Å²) in [6.07, 6.45) is 5.41. The summed E-state index contributed by atoms with van der Waals surface area (Å²) in [6.45, 7) is 8.19. The van der Waals surface area contributed by atoms with Crippen LogP contribution in [0.1, 0.15) is 25.1 Å². The summed E-state index contributed by atoms with van der Waals surface area (Å²) in [7, 11) is 0. The summed E-state index contributed by atoms with van der Waals surface area (Å²) in [5.41, 5.74) is 3.14. The Morgan fingerprint density at radius 3 is 2.79 bits per heavy atom. The minimum Gasteiger partial charge on any atom is -0.311 e. The molecule has 0 fully saturated rings. The maximum Gasteiger partial charge on any atom is 0.161 e. The molecular formula is C15H20N4. The van der Waals surface area contributed by atoms with Gasteiger partial charge in [-0.3, -0.25) is 4.98 Å². The zero-order chi connectivity index (χ0) is 13.7. The van der Waals surface area contributed by atoms with Gasteiger partial charge in [0.1, 0.15) is 0 Å². The Hall–Kier alpha value is -1.81. The Kier molecular flexibility index (Phi) is 4.58. The minimum absolute atomic E-state index is 0.641. The first-order valence-corrected chi connectivity index (χ1v) is 6.60. The van der Waals surface area contributed by atoms with Crippen molar-refractivity contribution in [2.45, 2.75) is 27.3 Å². The summed E-state index contributed by atoms with van der Waals surface area (Å²) in [6, 6.07) is 3.92. The van der Waals surface area contributed by atoms with Crippen LogP contribution in [0.5, 0.6) is 0 Å². The van der Waals surface area contributed by atoms with Crippen molar-refractivity contribution in [1.29, 1.82) is 0 Å². The van der Waals surface area contributed by atoms with E-state index in [1.165, 1.54) is 0 Å². The number of aromatic nitrogens is 3. The average molecular weight is 256 g/mol. The normalized spacial score (nSPS) is 10.9. The van der Waals surface area contributed by atoms with Gasteiger partial charge in [-0.05, 0) is 37.1 Å². The molecule has 4 nitrogen and oxygen atoms in total. The van der Waals surface area contributed by atoms with E-state index in [-0.39, 0.29) is 0 Å². The lowest BCUT2D eigenvalue weighted by Gasteiger charge is -2.08. The monoisotopic (exact) mass is 256 g/mol. The summed E-state index contributed by atoms with van der Waals surface area (Å²) in [5, 5.41) is 3.39. The quantitative estimate of drug-likeness (QED) is 0.893. The van der Waals surface area contributed by atoms with E-state index in [9.17, 15) is 0 Å². The van der Waals surface area contributed by atoms with Crippen LogP contribution >= 0.6 is 0 Å². The molecule has 4 heteroatoms. The third kappa shape index (κ3) is 3.83. The molecule has 0 bridgehead atoms. The van der Waals surface area contributed by atoms with Gasteiger partial charge >= 0.3 is 0 Å². The van der Waals surface area contributed by atoms with Gasteiger partial charge in [-0.2, -0.15) is 0 Å². The Morgan fingerprint density at radius 2 is 2.05 bits per heavy atom. The number of pyridine rings is 1. The lowest BCUT2D eigenvalue weighted by atomic mass is 10.1. The molecule has 19 heavy (non-hydrogen) atoms. The fourth-order valence-electron chi connectivity index (χ4n) is 1.81. The lowest BCUT2D eigenvalue weighted by Crippen LogP contribution is -2.19. The Labute approximate surface area is 114 Å². The van der Waals surface area contributed by atoms with Crippen molar-refractivity contribution < 1.29 is 0 Å². The van der Waals surface area contributed by atoms with Crippen molar-refractivity contribution in [2.75, 3.05) is 6.54 Å². The maximum atomic E-state index is 4.59. The topological polar surface area (TPSA) is 50.7 Å². The van der Waals surface area contributed by atoms with Gasteiger partial charge in [0.15, 0.2) is 5.82 Å². The minimum atomic E-state index is 0.641. The van der Waals surface area contributed by atoms with E-state index < -0.39 is 0 Å². The third-order valence-electron chi connectivity index (χ3n) is 2.85. The first-order valence-electron chi connectivity index (χ1n) is 6.60. The van der Waals surface area contributed by atoms with Crippen LogP contribution in [-0.4, -0.2) is 21.5 Å². The van der Waals surface area contributed by atoms with Crippen molar-refractivity contribution >= 4 is 0 Å². The van der Waals surface area contributed by atoms with Crippen molar-refractivity contribution in [2.24, 2.45) is 5.92 Å². The van der Waals surface area contributed by atoms with E-state index >= 15 is 0 Å². The van der Waals surface area contributed by atoms with E-state index in [4.69, 9.17) is 0 Å². The fourth-order valence-corrected chi connectivity index (χ4v) is 1.81. The summed E-state index contributed by atoms with van der Waals surface area (Å²) < 4.78 is 0. The van der Waals surface area contributed by atoms with E-state index in [1.807, 2.05) is 25.3 Å². The number of hydrogen-bond donors (Lipinski definition) is 1. The van der Waals surface area contributed by atoms with E-state index in [0.29, 0.717) is 5.92 Å². The van der Waals surface area contributed by atoms with Crippen LogP contribution in [0, 0.1) is 12.8 Å². The van der Waals surface area contributed by atoms with Gasteiger partial charge in [0.2, 0.25) is 0 Å². The molecular weight excluding hydrogens is 236 g/mol. The summed E-state index contributed by atoms with van der Waals surface area (Å²) >= 11 is 0. The third-order valence-corrected chi connectivity index (χ3v) is 2.85. The Bertz CT molecular complexity index is 537. The number of rotatable bonds is 5. The second-order valence-corrected chi connectivity index (χ2v) is 5.09. The molecule has 0 aliphatic rings. The maximum absolute atomic E-state index is 4.59. The molecule has 0 amide bonds. The van der Waals surface area contributed by atoms with Crippen LogP contribution in [0.3, 0.4) is 0 Å². The van der Waals surface area contributed by atoms with Gasteiger partial charge in [0.25, 0.3) is 0 Å². The highest BCUT2D eigenvalue weighted by Crippen LogP contribution is 2.17. The molecule has 0 spiro atoms. The molecule has 0 saturated carbocycles. The molecule has 0 saturated heterocycles. The molecule has 0 radical (unpaired) electrons. The molecule has 100 valence electrons. The second-order valence-electron chi connectivity index (χ2n) is 5.09. The van der Waals surface area contributed by atoms with Crippen LogP contribution in [0.15, 0.2) is 30.7 Å². The predicted molar refractivity (Wildman–Crippen MR) is 76.5 cm³/mol. The van der Waals surface area contributed by atoms with Crippen LogP contribution in [0.4, 0.5) is 0 Å². The molecule has 0 aliphatic carbocycles. The van der Waals surface area contributed by atoms with Crippen molar-refractivity contribution in [3.8, 4) is 11.4 Å². The number of hydrogen-bond acceptors (Lipinski definition) is 4. The highest BCUT2D eigenvalue weighted by atomic mass is 14.9. The van der Waals surface area contributed by atoms with Crippen LogP contribution in [0.2, 0.25) is 0 Å². The zero-order valence-electron chi connectivity index (χ0n) is 11.7. The molecule has 0 aromatic carbocycles. The number of nitrogens with one attached hydrogen (secondary N) is 1. The van der Waals surface area contributed by atoms with Gasteiger partial charge in [-0.15, -0.1) is 0 Å². The van der Waals surface area contributed by atoms with Gasteiger partial charge in [0, 0.05) is 30.7 Å². The van der Waals surface area contributed by atoms with Crippen LogP contribution in [0.25, 0.3) is 11.4 Å². The molecule has 0 aliphatic heterocycles. The highest BCUT2D eigenvalue weighted by Gasteiger charge is 2.05. The summed E-state index contributed by atoms with van der Waals surface area (Å²) in [5.74, 6) is 1.39. The van der Waals surface area contributed by atoms with Crippen LogP contribution in [-0.2, 0) is 6.54 Å². The molecule has 2 aromatic rings. The number of nitrogens with zero attached hydrogens (tertiary/aromatic N) is 3. The molecule has 2 aromatic heterocycles. The molecule has 0 atom stereocenters. The van der Waals surface area contributed by atoms with E-state index in [1.54, 1.807) is 12.4 Å². The Morgan fingerprint density at radius 1 is 1.21 bits per heavy atom. The zero-order valence-corrected chi connectivity index (χ0v) is 11.7. The molecule has 2 rings (SSSR count). The second kappa shape index (κ2) is 6.38. The Balaban J connectivity index is 2.13. The number of aryl methyl sites for hydroxylation is 1. The SMILES string of the molecule is Cc1ccncc1-c1nccc(CNCC(C)C)n1. The predicted octanol–water partition coefficient (Wildman–Crippen LogP) is 2.59. The van der Waals surface area contributed by atoms with Gasteiger partial charge in [-0.1, -0.05) is 13.8 Å². The van der Waals surface area contributed by atoms with Gasteiger partial charge in [0.05, 0.1) is 5.69 Å². The van der Waals surface area contributed by atoms with E-state index in [0.717, 1.165) is 35.7 Å². The summed E-state index contributed by atoms with van der Waals surface area (Å²) in [4.78, 5) is 13.1. The highest BCUT2D eigenvalue weighted by molar-refractivity contribution is 5.57. The average Bonchev–Trinajstić information content (AvgIpc) is 2.39. The first kappa shape index (κ1) is 13.6. The smallest absolute Gasteiger partial charge is 0.161 e. The standard InChI is InChI=1S/C15H20N4/c1-11(2)8-17-9-13-5-7-18-15(19-13)14-10-16-6-4-12(14)3/h4-7,10-11,17H,8-9H2,1-3H3. The molecule has 2 heterocycles. The largest absolute Gasteiger partial charge is 0.311 e. The van der Waals surface area contributed by atoms with Crippen LogP contribution < -0.4 is 5.32 Å². The molecule has 0 unspecified atom stereocenters. The fraction of sp³-hybridized carbons (Fsp3) is 0.400. The van der Waals surface area contributed by atoms with Crippen molar-refractivity contribution in [3.63, 3.8) is 0 Å². The van der Waals surface area contributed by atoms with Gasteiger partial charge < -0.3 is 5.32 Å². The molecule has 1 N–H and O–H groups in total. The van der Waals surface area contributed by atoms with Crippen molar-refractivity contribution in [1.82, 2.24) is 20.3 Å². The van der Waals surface area contributed by atoms with Gasteiger partial charge in [-0.25, -0.2) is 9.97 Å².